The molecule has 0 aromatic carbocycles. The molecule has 0 atom stereocenters. The highest BCUT2D eigenvalue weighted by atomic mass is 16.5. The summed E-state index contributed by atoms with van der Waals surface area (Å²) in [4.78, 5) is 26.8. The van der Waals surface area contributed by atoms with Crippen LogP contribution >= 0.6 is 0 Å². The molecule has 0 bridgehead atoms. The molecule has 5 heteroatoms. The quantitative estimate of drug-likeness (QED) is 0.804. The molecule has 0 unspecified atom stereocenters. The van der Waals surface area contributed by atoms with Crippen LogP contribution in [0.4, 0.5) is 0 Å². The summed E-state index contributed by atoms with van der Waals surface area (Å²) in [5.74, 6) is -0.820. The van der Waals surface area contributed by atoms with Crippen molar-refractivity contribution in [2.75, 3.05) is 13.2 Å². The van der Waals surface area contributed by atoms with E-state index < -0.39 is 11.9 Å². The summed E-state index contributed by atoms with van der Waals surface area (Å²) in [6.45, 7) is 7.87. The monoisotopic (exact) mass is 267 g/mol. The van der Waals surface area contributed by atoms with Gasteiger partial charge in [0.1, 0.15) is 5.69 Å². The van der Waals surface area contributed by atoms with Crippen molar-refractivity contribution in [3.63, 3.8) is 0 Å². The van der Waals surface area contributed by atoms with E-state index in [9.17, 15) is 9.59 Å². The van der Waals surface area contributed by atoms with Crippen molar-refractivity contribution in [2.24, 2.45) is 0 Å². The highest BCUT2D eigenvalue weighted by molar-refractivity contribution is 5.98. The van der Waals surface area contributed by atoms with Crippen molar-refractivity contribution < 1.29 is 19.1 Å². The number of rotatable bonds is 6. The van der Waals surface area contributed by atoms with E-state index >= 15 is 0 Å². The van der Waals surface area contributed by atoms with Crippen LogP contribution < -0.4 is 0 Å². The van der Waals surface area contributed by atoms with Crippen LogP contribution in [0.5, 0.6) is 0 Å². The first kappa shape index (κ1) is 15.3. The van der Waals surface area contributed by atoms with Crippen molar-refractivity contribution in [3.05, 3.63) is 22.5 Å². The standard InChI is InChI=1S/C14H21NO4/c1-5-8-10-11(13(16)18-6-2)9(4)15-12(10)14(17)19-7-3/h15H,5-8H2,1-4H3. The van der Waals surface area contributed by atoms with E-state index in [4.69, 9.17) is 9.47 Å². The molecule has 1 aromatic rings. The zero-order valence-electron chi connectivity index (χ0n) is 12.0. The average molecular weight is 267 g/mol. The van der Waals surface area contributed by atoms with Crippen LogP contribution in [0, 0.1) is 6.92 Å². The Hall–Kier alpha value is -1.78. The second kappa shape index (κ2) is 6.97. The minimum Gasteiger partial charge on any atom is -0.462 e. The molecular formula is C14H21NO4. The lowest BCUT2D eigenvalue weighted by molar-refractivity contribution is 0.0518. The van der Waals surface area contributed by atoms with E-state index in [1.54, 1.807) is 20.8 Å². The van der Waals surface area contributed by atoms with Crippen molar-refractivity contribution in [1.82, 2.24) is 4.98 Å². The average Bonchev–Trinajstić information content (AvgIpc) is 2.67. The van der Waals surface area contributed by atoms with Gasteiger partial charge in [-0.2, -0.15) is 0 Å². The summed E-state index contributed by atoms with van der Waals surface area (Å²) in [6.07, 6.45) is 1.46. The van der Waals surface area contributed by atoms with Crippen LogP contribution in [-0.2, 0) is 15.9 Å². The molecule has 0 spiro atoms. The van der Waals surface area contributed by atoms with Crippen LogP contribution in [0.1, 0.15) is 59.3 Å². The van der Waals surface area contributed by atoms with E-state index in [-0.39, 0.29) is 0 Å². The van der Waals surface area contributed by atoms with Crippen molar-refractivity contribution in [1.29, 1.82) is 0 Å². The van der Waals surface area contributed by atoms with Crippen molar-refractivity contribution in [3.8, 4) is 0 Å². The largest absolute Gasteiger partial charge is 0.462 e. The number of nitrogens with one attached hydrogen (secondary N) is 1. The molecule has 0 aliphatic carbocycles. The Bertz CT molecular complexity index is 462. The number of carbonyl (C=O) groups is 2. The van der Waals surface area contributed by atoms with Crippen LogP contribution in [0.25, 0.3) is 0 Å². The Morgan fingerprint density at radius 3 is 2.16 bits per heavy atom. The van der Waals surface area contributed by atoms with Gasteiger partial charge in [0, 0.05) is 5.69 Å². The maximum atomic E-state index is 12.0. The Balaban J connectivity index is 3.23. The molecule has 0 aliphatic rings. The Morgan fingerprint density at radius 1 is 1.05 bits per heavy atom. The number of hydrogen-bond donors (Lipinski definition) is 1. The Kier molecular flexibility index (Phi) is 5.60. The van der Waals surface area contributed by atoms with Gasteiger partial charge in [0.05, 0.1) is 18.8 Å². The summed E-state index contributed by atoms with van der Waals surface area (Å²) in [5.41, 5.74) is 2.16. The number of esters is 2. The molecule has 1 rings (SSSR count). The smallest absolute Gasteiger partial charge is 0.355 e. The lowest BCUT2D eigenvalue weighted by atomic mass is 10.0. The van der Waals surface area contributed by atoms with Crippen molar-refractivity contribution in [2.45, 2.75) is 40.5 Å². The molecule has 0 saturated heterocycles. The fourth-order valence-electron chi connectivity index (χ4n) is 2.03. The summed E-state index contributed by atoms with van der Waals surface area (Å²) >= 11 is 0. The molecule has 1 heterocycles. The molecule has 0 aliphatic heterocycles. The molecule has 1 aromatic heterocycles. The topological polar surface area (TPSA) is 68.4 Å². The lowest BCUT2D eigenvalue weighted by Gasteiger charge is -2.06. The normalized spacial score (nSPS) is 10.3. The van der Waals surface area contributed by atoms with Gasteiger partial charge < -0.3 is 14.5 Å². The van der Waals surface area contributed by atoms with Gasteiger partial charge in [-0.25, -0.2) is 9.59 Å². The molecule has 106 valence electrons. The maximum Gasteiger partial charge on any atom is 0.355 e. The molecule has 0 radical (unpaired) electrons. The summed E-state index contributed by atoms with van der Waals surface area (Å²) in [7, 11) is 0. The molecule has 5 nitrogen and oxygen atoms in total. The predicted molar refractivity (Wildman–Crippen MR) is 71.4 cm³/mol. The number of aryl methyl sites for hydroxylation is 1. The van der Waals surface area contributed by atoms with Crippen LogP contribution in [0.15, 0.2) is 0 Å². The third kappa shape index (κ3) is 3.36. The van der Waals surface area contributed by atoms with Gasteiger partial charge in [-0.3, -0.25) is 0 Å². The fourth-order valence-corrected chi connectivity index (χ4v) is 2.03. The number of hydrogen-bond acceptors (Lipinski definition) is 4. The number of carbonyl (C=O) groups excluding carboxylic acids is 2. The van der Waals surface area contributed by atoms with Crippen LogP contribution in [0.3, 0.4) is 0 Å². The Morgan fingerprint density at radius 2 is 1.63 bits per heavy atom. The molecule has 0 saturated carbocycles. The fraction of sp³-hybridized carbons (Fsp3) is 0.571. The Labute approximate surface area is 113 Å². The zero-order chi connectivity index (χ0) is 14.4. The molecule has 0 fully saturated rings. The number of aromatic amines is 1. The predicted octanol–water partition coefficient (Wildman–Crippen LogP) is 2.63. The minimum absolute atomic E-state index is 0.303. The first-order valence-corrected chi connectivity index (χ1v) is 6.62. The van der Waals surface area contributed by atoms with Crippen LogP contribution in [0.2, 0.25) is 0 Å². The van der Waals surface area contributed by atoms with E-state index in [2.05, 4.69) is 4.98 Å². The summed E-state index contributed by atoms with van der Waals surface area (Å²) in [5, 5.41) is 0. The third-order valence-electron chi connectivity index (χ3n) is 2.75. The minimum atomic E-state index is -0.426. The maximum absolute atomic E-state index is 12.0. The summed E-state index contributed by atoms with van der Waals surface area (Å²) < 4.78 is 10.0. The van der Waals surface area contributed by atoms with Gasteiger partial charge in [-0.15, -0.1) is 0 Å². The van der Waals surface area contributed by atoms with Gasteiger partial charge in [-0.05, 0) is 32.8 Å². The van der Waals surface area contributed by atoms with E-state index in [1.807, 2.05) is 6.92 Å². The first-order chi connectivity index (χ1) is 9.06. The highest BCUT2D eigenvalue weighted by Crippen LogP contribution is 2.22. The van der Waals surface area contributed by atoms with Gasteiger partial charge >= 0.3 is 11.9 Å². The second-order valence-corrected chi connectivity index (χ2v) is 4.17. The van der Waals surface area contributed by atoms with Gasteiger partial charge in [-0.1, -0.05) is 13.3 Å². The van der Waals surface area contributed by atoms with Gasteiger partial charge in [0.25, 0.3) is 0 Å². The number of aromatic nitrogens is 1. The molecular weight excluding hydrogens is 246 g/mol. The lowest BCUT2D eigenvalue weighted by Crippen LogP contribution is -2.11. The van der Waals surface area contributed by atoms with E-state index in [1.165, 1.54) is 0 Å². The van der Waals surface area contributed by atoms with Crippen molar-refractivity contribution >= 4 is 11.9 Å². The first-order valence-electron chi connectivity index (χ1n) is 6.62. The SMILES string of the molecule is CCCc1c(C(=O)OCC)[nH]c(C)c1C(=O)OCC. The highest BCUT2D eigenvalue weighted by Gasteiger charge is 2.25. The van der Waals surface area contributed by atoms with Gasteiger partial charge in [0.2, 0.25) is 0 Å². The van der Waals surface area contributed by atoms with E-state index in [0.717, 1.165) is 6.42 Å². The zero-order valence-corrected chi connectivity index (χ0v) is 12.0. The second-order valence-electron chi connectivity index (χ2n) is 4.17. The number of ether oxygens (including phenoxy) is 2. The van der Waals surface area contributed by atoms with E-state index in [0.29, 0.717) is 42.1 Å². The molecule has 1 N–H and O–H groups in total. The van der Waals surface area contributed by atoms with Crippen LogP contribution in [-0.4, -0.2) is 30.1 Å². The summed E-state index contributed by atoms with van der Waals surface area (Å²) in [6, 6.07) is 0. The number of H-pyrrole nitrogens is 1. The third-order valence-corrected chi connectivity index (χ3v) is 2.75. The molecule has 19 heavy (non-hydrogen) atoms. The molecule has 0 amide bonds. The van der Waals surface area contributed by atoms with Gasteiger partial charge in [0.15, 0.2) is 0 Å².